The predicted molar refractivity (Wildman–Crippen MR) is 55.8 cm³/mol. The summed E-state index contributed by atoms with van der Waals surface area (Å²) in [7, 11) is 0. The molecule has 0 heterocycles. The van der Waals surface area contributed by atoms with E-state index >= 15 is 0 Å². The Bertz CT molecular complexity index is 186. The van der Waals surface area contributed by atoms with Gasteiger partial charge in [-0.1, -0.05) is 6.92 Å². The van der Waals surface area contributed by atoms with Gasteiger partial charge in [0.25, 0.3) is 0 Å². The van der Waals surface area contributed by atoms with Crippen molar-refractivity contribution in [2.75, 3.05) is 6.61 Å². The van der Waals surface area contributed by atoms with E-state index in [4.69, 9.17) is 5.11 Å². The topological polar surface area (TPSA) is 49.3 Å². The van der Waals surface area contributed by atoms with Crippen LogP contribution in [0.1, 0.15) is 39.5 Å². The molecule has 0 saturated heterocycles. The monoisotopic (exact) mass is 199 g/mol. The van der Waals surface area contributed by atoms with Crippen LogP contribution >= 0.6 is 0 Å². The molecule has 3 nitrogen and oxygen atoms in total. The lowest BCUT2D eigenvalue weighted by Crippen LogP contribution is -2.37. The van der Waals surface area contributed by atoms with E-state index in [0.29, 0.717) is 17.9 Å². The molecule has 1 fully saturated rings. The maximum Gasteiger partial charge on any atom is 0.217 e. The molecule has 0 aromatic rings. The Morgan fingerprint density at radius 2 is 2.00 bits per heavy atom. The summed E-state index contributed by atoms with van der Waals surface area (Å²) < 4.78 is 0. The van der Waals surface area contributed by atoms with Crippen LogP contribution in [0.25, 0.3) is 0 Å². The minimum atomic E-state index is 0.0728. The van der Waals surface area contributed by atoms with Crippen molar-refractivity contribution in [3.8, 4) is 0 Å². The molecule has 1 unspecified atom stereocenters. The van der Waals surface area contributed by atoms with E-state index in [-0.39, 0.29) is 12.5 Å². The maximum absolute atomic E-state index is 10.8. The van der Waals surface area contributed by atoms with Crippen LogP contribution in [0, 0.1) is 11.8 Å². The van der Waals surface area contributed by atoms with Gasteiger partial charge >= 0.3 is 0 Å². The zero-order valence-electron chi connectivity index (χ0n) is 9.12. The molecule has 0 aliphatic heterocycles. The van der Waals surface area contributed by atoms with Crippen molar-refractivity contribution in [3.05, 3.63) is 0 Å². The molecule has 1 saturated carbocycles. The molecule has 1 aliphatic rings. The molecule has 0 bridgehead atoms. The highest BCUT2D eigenvalue weighted by atomic mass is 16.3. The van der Waals surface area contributed by atoms with Crippen LogP contribution in [0.5, 0.6) is 0 Å². The number of carbonyl (C=O) groups excluding carboxylic acids is 1. The van der Waals surface area contributed by atoms with Gasteiger partial charge in [0.1, 0.15) is 0 Å². The van der Waals surface area contributed by atoms with E-state index < -0.39 is 0 Å². The number of aliphatic hydroxyl groups excluding tert-OH is 1. The van der Waals surface area contributed by atoms with Crippen molar-refractivity contribution in [3.63, 3.8) is 0 Å². The van der Waals surface area contributed by atoms with E-state index in [1.54, 1.807) is 6.92 Å². The smallest absolute Gasteiger partial charge is 0.217 e. The largest absolute Gasteiger partial charge is 0.396 e. The molecule has 14 heavy (non-hydrogen) atoms. The van der Waals surface area contributed by atoms with Gasteiger partial charge in [-0.25, -0.2) is 0 Å². The Balaban J connectivity index is 2.27. The highest BCUT2D eigenvalue weighted by Crippen LogP contribution is 2.29. The van der Waals surface area contributed by atoms with E-state index in [1.807, 2.05) is 0 Å². The second-order valence-corrected chi connectivity index (χ2v) is 4.47. The maximum atomic E-state index is 10.8. The second kappa shape index (κ2) is 5.35. The summed E-state index contributed by atoms with van der Waals surface area (Å²) in [5.41, 5.74) is 0. The molecule has 1 amide bonds. The lowest BCUT2D eigenvalue weighted by atomic mass is 9.79. The van der Waals surface area contributed by atoms with Crippen LogP contribution in [0.4, 0.5) is 0 Å². The van der Waals surface area contributed by atoms with Crippen molar-refractivity contribution in [2.45, 2.75) is 45.6 Å². The van der Waals surface area contributed by atoms with Gasteiger partial charge in [0.15, 0.2) is 0 Å². The third-order valence-corrected chi connectivity index (χ3v) is 3.27. The normalized spacial score (nSPS) is 29.6. The van der Waals surface area contributed by atoms with Gasteiger partial charge in [0, 0.05) is 19.6 Å². The molecule has 2 N–H and O–H groups in total. The van der Waals surface area contributed by atoms with Crippen molar-refractivity contribution >= 4 is 5.91 Å². The highest BCUT2D eigenvalue weighted by molar-refractivity contribution is 5.73. The van der Waals surface area contributed by atoms with Crippen molar-refractivity contribution in [2.24, 2.45) is 11.8 Å². The second-order valence-electron chi connectivity index (χ2n) is 4.47. The number of hydrogen-bond donors (Lipinski definition) is 2. The number of amides is 1. The predicted octanol–water partition coefficient (Wildman–Crippen LogP) is 1.31. The fraction of sp³-hybridized carbons (Fsp3) is 0.909. The summed E-state index contributed by atoms with van der Waals surface area (Å²) in [6.07, 6.45) is 4.39. The Morgan fingerprint density at radius 1 is 1.43 bits per heavy atom. The number of nitrogens with one attached hydrogen (secondary N) is 1. The minimum Gasteiger partial charge on any atom is -0.396 e. The summed E-state index contributed by atoms with van der Waals surface area (Å²) in [6.45, 7) is 3.96. The first-order valence-electron chi connectivity index (χ1n) is 5.51. The van der Waals surface area contributed by atoms with Crippen LogP contribution < -0.4 is 5.32 Å². The summed E-state index contributed by atoms with van der Waals surface area (Å²) >= 11 is 0. The van der Waals surface area contributed by atoms with E-state index in [0.717, 1.165) is 25.7 Å². The molecule has 1 rings (SSSR count). The van der Waals surface area contributed by atoms with Crippen molar-refractivity contribution in [1.29, 1.82) is 0 Å². The third-order valence-electron chi connectivity index (χ3n) is 3.27. The number of aliphatic hydroxyl groups is 1. The van der Waals surface area contributed by atoms with Gasteiger partial charge in [-0.3, -0.25) is 4.79 Å². The zero-order valence-corrected chi connectivity index (χ0v) is 9.12. The number of carbonyl (C=O) groups is 1. The van der Waals surface area contributed by atoms with Gasteiger partial charge < -0.3 is 10.4 Å². The molecule has 82 valence electrons. The standard InChI is InChI=1S/C11H21NO2/c1-8(7-13)10-3-5-11(6-4-10)12-9(2)14/h8,10-11,13H,3-7H2,1-2H3,(H,12,14). The quantitative estimate of drug-likeness (QED) is 0.720. The Kier molecular flexibility index (Phi) is 4.39. The van der Waals surface area contributed by atoms with Crippen LogP contribution in [0.15, 0.2) is 0 Å². The molecule has 0 radical (unpaired) electrons. The van der Waals surface area contributed by atoms with Crippen LogP contribution in [0.3, 0.4) is 0 Å². The fourth-order valence-electron chi connectivity index (χ4n) is 2.27. The van der Waals surface area contributed by atoms with Crippen LogP contribution in [-0.4, -0.2) is 23.7 Å². The molecular formula is C11H21NO2. The first-order chi connectivity index (χ1) is 6.63. The lowest BCUT2D eigenvalue weighted by Gasteiger charge is -2.31. The highest BCUT2D eigenvalue weighted by Gasteiger charge is 2.24. The lowest BCUT2D eigenvalue weighted by molar-refractivity contribution is -0.119. The summed E-state index contributed by atoms with van der Waals surface area (Å²) in [5, 5.41) is 12.0. The molecule has 1 aliphatic carbocycles. The number of rotatable bonds is 3. The zero-order chi connectivity index (χ0) is 10.6. The van der Waals surface area contributed by atoms with Crippen LogP contribution in [-0.2, 0) is 4.79 Å². The SMILES string of the molecule is CC(=O)NC1CCC(C(C)CO)CC1. The molecule has 0 spiro atoms. The average Bonchev–Trinajstić information content (AvgIpc) is 2.17. The van der Waals surface area contributed by atoms with Crippen LogP contribution in [0.2, 0.25) is 0 Å². The van der Waals surface area contributed by atoms with Gasteiger partial charge in [0.05, 0.1) is 0 Å². The fourth-order valence-corrected chi connectivity index (χ4v) is 2.27. The third kappa shape index (κ3) is 3.29. The molecular weight excluding hydrogens is 178 g/mol. The average molecular weight is 199 g/mol. The molecule has 0 aromatic heterocycles. The minimum absolute atomic E-state index is 0.0728. The summed E-state index contributed by atoms with van der Waals surface area (Å²) in [6, 6.07) is 0.370. The Labute approximate surface area is 85.9 Å². The number of hydrogen-bond acceptors (Lipinski definition) is 2. The Morgan fingerprint density at radius 3 is 2.43 bits per heavy atom. The van der Waals surface area contributed by atoms with Gasteiger partial charge in [-0.2, -0.15) is 0 Å². The summed E-state index contributed by atoms with van der Waals surface area (Å²) in [4.78, 5) is 10.8. The molecule has 3 heteroatoms. The van der Waals surface area contributed by atoms with Crippen molar-refractivity contribution < 1.29 is 9.90 Å². The van der Waals surface area contributed by atoms with Crippen molar-refractivity contribution in [1.82, 2.24) is 5.32 Å². The van der Waals surface area contributed by atoms with E-state index in [2.05, 4.69) is 12.2 Å². The first kappa shape index (κ1) is 11.5. The van der Waals surface area contributed by atoms with E-state index in [9.17, 15) is 4.79 Å². The van der Waals surface area contributed by atoms with E-state index in [1.165, 1.54) is 0 Å². The Hall–Kier alpha value is -0.570. The molecule has 0 aromatic carbocycles. The van der Waals surface area contributed by atoms with Gasteiger partial charge in [-0.05, 0) is 37.5 Å². The molecule has 1 atom stereocenters. The van der Waals surface area contributed by atoms with Gasteiger partial charge in [0.2, 0.25) is 5.91 Å². The first-order valence-corrected chi connectivity index (χ1v) is 5.51. The summed E-state index contributed by atoms with van der Waals surface area (Å²) in [5.74, 6) is 1.13. The van der Waals surface area contributed by atoms with Gasteiger partial charge in [-0.15, -0.1) is 0 Å².